The molecule has 6 nitrogen and oxygen atoms in total. The van der Waals surface area contributed by atoms with Crippen molar-refractivity contribution in [2.24, 2.45) is 17.8 Å². The average molecular weight is 305 g/mol. The van der Waals surface area contributed by atoms with E-state index in [0.29, 0.717) is 12.5 Å². The Hall–Kier alpha value is -1.40. The largest absolute Gasteiger partial charge is 0.376 e. The van der Waals surface area contributed by atoms with Crippen molar-refractivity contribution in [3.05, 3.63) is 17.5 Å². The Labute approximate surface area is 130 Å². The van der Waals surface area contributed by atoms with E-state index < -0.39 is 0 Å². The number of ether oxygens (including phenoxy) is 1. The van der Waals surface area contributed by atoms with Crippen LogP contribution in [0.15, 0.2) is 10.6 Å². The summed E-state index contributed by atoms with van der Waals surface area (Å²) in [4.78, 5) is 14.7. The first-order chi connectivity index (χ1) is 10.7. The van der Waals surface area contributed by atoms with Crippen molar-refractivity contribution in [2.75, 3.05) is 26.2 Å². The monoisotopic (exact) mass is 305 g/mol. The van der Waals surface area contributed by atoms with Crippen LogP contribution in [0.5, 0.6) is 0 Å². The number of rotatable bonds is 5. The first-order valence-corrected chi connectivity index (χ1v) is 8.23. The minimum atomic E-state index is 0.00722. The van der Waals surface area contributed by atoms with E-state index in [9.17, 15) is 4.79 Å². The molecule has 0 unspecified atom stereocenters. The Kier molecular flexibility index (Phi) is 3.66. The molecule has 3 heterocycles. The van der Waals surface area contributed by atoms with Crippen molar-refractivity contribution in [3.8, 4) is 0 Å². The first kappa shape index (κ1) is 14.2. The van der Waals surface area contributed by atoms with Gasteiger partial charge in [0.1, 0.15) is 5.76 Å². The maximum Gasteiger partial charge on any atom is 0.225 e. The molecule has 1 amide bonds. The predicted octanol–water partition coefficient (Wildman–Crippen LogP) is 0.956. The number of carbonyl (C=O) groups excluding carboxylic acids is 1. The molecule has 3 fully saturated rings. The standard InChI is InChI=1S/C16H23N3O3/c1-10-4-12(18-22-10)6-19-7-13-14(9-21-15(13)8-19)16(20)17-5-11-2-3-11/h4,11,13-15H,2-3,5-9H2,1H3,(H,17,20)/t13-,14+,15-/m1/s1. The van der Waals surface area contributed by atoms with Gasteiger partial charge in [0, 0.05) is 38.2 Å². The average Bonchev–Trinajstić information content (AvgIpc) is 2.91. The lowest BCUT2D eigenvalue weighted by atomic mass is 9.92. The van der Waals surface area contributed by atoms with Crippen LogP contribution in [0.3, 0.4) is 0 Å². The quantitative estimate of drug-likeness (QED) is 0.877. The van der Waals surface area contributed by atoms with Gasteiger partial charge in [-0.15, -0.1) is 0 Å². The number of aryl methyl sites for hydroxylation is 1. The van der Waals surface area contributed by atoms with Gasteiger partial charge in [-0.3, -0.25) is 9.69 Å². The van der Waals surface area contributed by atoms with Crippen molar-refractivity contribution in [2.45, 2.75) is 32.4 Å². The Morgan fingerprint density at radius 2 is 2.32 bits per heavy atom. The third-order valence-electron chi connectivity index (χ3n) is 5.05. The smallest absolute Gasteiger partial charge is 0.225 e. The van der Waals surface area contributed by atoms with Gasteiger partial charge in [-0.2, -0.15) is 0 Å². The van der Waals surface area contributed by atoms with E-state index in [-0.39, 0.29) is 17.9 Å². The van der Waals surface area contributed by atoms with Gasteiger partial charge in [0.2, 0.25) is 5.91 Å². The minimum absolute atomic E-state index is 0.00722. The summed E-state index contributed by atoms with van der Waals surface area (Å²) < 4.78 is 11.0. The van der Waals surface area contributed by atoms with Crippen molar-refractivity contribution >= 4 is 5.91 Å². The van der Waals surface area contributed by atoms with Crippen LogP contribution >= 0.6 is 0 Å². The highest BCUT2D eigenvalue weighted by Crippen LogP contribution is 2.35. The SMILES string of the molecule is Cc1cc(CN2C[C@@H]3[C@@H](C(=O)NCC4CC4)CO[C@@H]3C2)no1. The molecule has 3 aliphatic rings. The van der Waals surface area contributed by atoms with Crippen molar-refractivity contribution in [3.63, 3.8) is 0 Å². The lowest BCUT2D eigenvalue weighted by Crippen LogP contribution is -2.37. The van der Waals surface area contributed by atoms with Gasteiger partial charge in [0.25, 0.3) is 0 Å². The van der Waals surface area contributed by atoms with Gasteiger partial charge in [0.05, 0.1) is 24.3 Å². The summed E-state index contributed by atoms with van der Waals surface area (Å²) in [5.74, 6) is 2.05. The second-order valence-electron chi connectivity index (χ2n) is 6.95. The number of carbonyl (C=O) groups is 1. The molecule has 2 saturated heterocycles. The van der Waals surface area contributed by atoms with Crippen LogP contribution in [-0.4, -0.2) is 48.3 Å². The van der Waals surface area contributed by atoms with E-state index in [4.69, 9.17) is 9.26 Å². The second-order valence-corrected chi connectivity index (χ2v) is 6.95. The van der Waals surface area contributed by atoms with E-state index in [1.165, 1.54) is 12.8 Å². The molecule has 4 rings (SSSR count). The molecule has 0 spiro atoms. The zero-order valence-electron chi connectivity index (χ0n) is 13.0. The third-order valence-corrected chi connectivity index (χ3v) is 5.05. The molecule has 1 aromatic rings. The fraction of sp³-hybridized carbons (Fsp3) is 0.750. The molecular formula is C16H23N3O3. The number of fused-ring (bicyclic) bond motifs is 1. The van der Waals surface area contributed by atoms with Gasteiger partial charge in [-0.1, -0.05) is 5.16 Å². The lowest BCUT2D eigenvalue weighted by molar-refractivity contribution is -0.126. The van der Waals surface area contributed by atoms with Crippen molar-refractivity contribution < 1.29 is 14.1 Å². The summed E-state index contributed by atoms with van der Waals surface area (Å²) in [5, 5.41) is 7.15. The Bertz CT molecular complexity index is 555. The molecular weight excluding hydrogens is 282 g/mol. The highest BCUT2D eigenvalue weighted by molar-refractivity contribution is 5.79. The van der Waals surface area contributed by atoms with Gasteiger partial charge in [-0.25, -0.2) is 0 Å². The molecule has 1 aliphatic carbocycles. The number of nitrogens with one attached hydrogen (secondary N) is 1. The molecule has 0 radical (unpaired) electrons. The van der Waals surface area contributed by atoms with Gasteiger partial charge in [-0.05, 0) is 25.7 Å². The zero-order chi connectivity index (χ0) is 15.1. The zero-order valence-corrected chi connectivity index (χ0v) is 13.0. The number of amides is 1. The van der Waals surface area contributed by atoms with Crippen LogP contribution in [0.4, 0.5) is 0 Å². The predicted molar refractivity (Wildman–Crippen MR) is 79.0 cm³/mol. The summed E-state index contributed by atoms with van der Waals surface area (Å²) in [5.41, 5.74) is 0.951. The van der Waals surface area contributed by atoms with Gasteiger partial charge < -0.3 is 14.6 Å². The van der Waals surface area contributed by atoms with Crippen LogP contribution in [0, 0.1) is 24.7 Å². The molecule has 120 valence electrons. The summed E-state index contributed by atoms with van der Waals surface area (Å²) >= 11 is 0. The number of nitrogens with zero attached hydrogens (tertiary/aromatic N) is 2. The van der Waals surface area contributed by atoms with E-state index in [1.54, 1.807) is 0 Å². The Balaban J connectivity index is 1.33. The topological polar surface area (TPSA) is 67.6 Å². The third kappa shape index (κ3) is 2.90. The molecule has 1 N–H and O–H groups in total. The fourth-order valence-corrected chi connectivity index (χ4v) is 3.61. The van der Waals surface area contributed by atoms with Gasteiger partial charge >= 0.3 is 0 Å². The van der Waals surface area contributed by atoms with Crippen molar-refractivity contribution in [1.82, 2.24) is 15.4 Å². The summed E-state index contributed by atoms with van der Waals surface area (Å²) in [7, 11) is 0. The summed E-state index contributed by atoms with van der Waals surface area (Å²) in [6.07, 6.45) is 2.71. The van der Waals surface area contributed by atoms with Crippen LogP contribution in [0.1, 0.15) is 24.3 Å². The molecule has 0 aromatic carbocycles. The maximum absolute atomic E-state index is 12.4. The van der Waals surface area contributed by atoms with E-state index >= 15 is 0 Å². The number of hydrogen-bond donors (Lipinski definition) is 1. The van der Waals surface area contributed by atoms with E-state index in [1.807, 2.05) is 13.0 Å². The number of likely N-dealkylation sites (tertiary alicyclic amines) is 1. The van der Waals surface area contributed by atoms with Gasteiger partial charge in [0.15, 0.2) is 0 Å². The Morgan fingerprint density at radius 1 is 1.45 bits per heavy atom. The fourth-order valence-electron chi connectivity index (χ4n) is 3.61. The normalized spacial score (nSPS) is 31.4. The molecule has 1 aromatic heterocycles. The van der Waals surface area contributed by atoms with E-state index in [0.717, 1.165) is 43.6 Å². The van der Waals surface area contributed by atoms with E-state index in [2.05, 4.69) is 15.4 Å². The molecule has 3 atom stereocenters. The highest BCUT2D eigenvalue weighted by atomic mass is 16.5. The lowest BCUT2D eigenvalue weighted by Gasteiger charge is -2.18. The first-order valence-electron chi connectivity index (χ1n) is 8.23. The maximum atomic E-state index is 12.4. The van der Waals surface area contributed by atoms with Crippen molar-refractivity contribution in [1.29, 1.82) is 0 Å². The molecule has 1 saturated carbocycles. The molecule has 22 heavy (non-hydrogen) atoms. The number of hydrogen-bond acceptors (Lipinski definition) is 5. The Morgan fingerprint density at radius 3 is 3.05 bits per heavy atom. The minimum Gasteiger partial charge on any atom is -0.376 e. The van der Waals surface area contributed by atoms with Crippen LogP contribution in [0.2, 0.25) is 0 Å². The summed E-state index contributed by atoms with van der Waals surface area (Å²) in [6, 6.07) is 1.97. The highest BCUT2D eigenvalue weighted by Gasteiger charge is 2.46. The van der Waals surface area contributed by atoms with Crippen LogP contribution in [-0.2, 0) is 16.1 Å². The van der Waals surface area contributed by atoms with Crippen LogP contribution in [0.25, 0.3) is 0 Å². The number of aromatic nitrogens is 1. The molecule has 0 bridgehead atoms. The molecule has 2 aliphatic heterocycles. The second kappa shape index (κ2) is 5.66. The molecule has 6 heteroatoms. The van der Waals surface area contributed by atoms with Crippen LogP contribution < -0.4 is 5.32 Å². The summed E-state index contributed by atoms with van der Waals surface area (Å²) in [6.45, 7) is 5.86.